The average molecular weight is 257 g/mol. The van der Waals surface area contributed by atoms with Crippen LogP contribution in [0.1, 0.15) is 23.3 Å². The van der Waals surface area contributed by atoms with Gasteiger partial charge in [0, 0.05) is 25.3 Å². The molecular formula is C12H17F2N3O. The minimum atomic E-state index is -2.46. The molecule has 1 fully saturated rings. The number of hydrogen-bond donors (Lipinski definition) is 1. The molecule has 1 aromatic rings. The highest BCUT2D eigenvalue weighted by atomic mass is 19.3. The highest BCUT2D eigenvalue weighted by molar-refractivity contribution is 5.93. The average Bonchev–Trinajstić information content (AvgIpc) is 2.95. The summed E-state index contributed by atoms with van der Waals surface area (Å²) in [4.78, 5) is 14.0. The largest absolute Gasteiger partial charge is 0.338 e. The van der Waals surface area contributed by atoms with Crippen LogP contribution in [0.25, 0.3) is 0 Å². The smallest absolute Gasteiger partial charge is 0.270 e. The molecule has 1 aliphatic rings. The number of hydrogen-bond acceptors (Lipinski definition) is 2. The molecule has 2 N–H and O–H groups in total. The lowest BCUT2D eigenvalue weighted by Crippen LogP contribution is -2.40. The Morgan fingerprint density at radius 3 is 3.00 bits per heavy atom. The van der Waals surface area contributed by atoms with Crippen molar-refractivity contribution in [2.45, 2.75) is 31.9 Å². The number of carbonyl (C=O) groups is 1. The zero-order chi connectivity index (χ0) is 13.1. The summed E-state index contributed by atoms with van der Waals surface area (Å²) in [5.74, 6) is -0.200. The van der Waals surface area contributed by atoms with Gasteiger partial charge >= 0.3 is 0 Å². The van der Waals surface area contributed by atoms with Gasteiger partial charge in [-0.1, -0.05) is 0 Å². The van der Waals surface area contributed by atoms with Crippen LogP contribution in [0.15, 0.2) is 18.3 Å². The first-order valence-electron chi connectivity index (χ1n) is 6.07. The molecule has 1 aliphatic heterocycles. The number of nitrogens with two attached hydrogens (primary N) is 1. The number of halogens is 2. The summed E-state index contributed by atoms with van der Waals surface area (Å²) in [6, 6.07) is 3.23. The Balaban J connectivity index is 2.15. The van der Waals surface area contributed by atoms with Gasteiger partial charge in [0.2, 0.25) is 0 Å². The molecule has 0 bridgehead atoms. The van der Waals surface area contributed by atoms with Crippen molar-refractivity contribution in [3.63, 3.8) is 0 Å². The van der Waals surface area contributed by atoms with Crippen LogP contribution < -0.4 is 5.73 Å². The van der Waals surface area contributed by atoms with Gasteiger partial charge in [0.1, 0.15) is 5.69 Å². The Bertz CT molecular complexity index is 419. The van der Waals surface area contributed by atoms with Crippen molar-refractivity contribution in [2.24, 2.45) is 5.73 Å². The predicted octanol–water partition coefficient (Wildman–Crippen LogP) is 1.32. The van der Waals surface area contributed by atoms with E-state index in [9.17, 15) is 13.6 Å². The normalized spacial score (nSPS) is 19.8. The molecule has 1 atom stereocenters. The van der Waals surface area contributed by atoms with Crippen LogP contribution in [-0.2, 0) is 6.54 Å². The van der Waals surface area contributed by atoms with E-state index in [2.05, 4.69) is 0 Å². The molecule has 0 aromatic carbocycles. The summed E-state index contributed by atoms with van der Waals surface area (Å²) >= 11 is 0. The number of alkyl halides is 2. The number of likely N-dealkylation sites (tertiary alicyclic amines) is 1. The van der Waals surface area contributed by atoms with E-state index in [0.717, 1.165) is 12.8 Å². The third-order valence-corrected chi connectivity index (χ3v) is 3.29. The molecule has 100 valence electrons. The van der Waals surface area contributed by atoms with E-state index in [1.54, 1.807) is 17.0 Å². The Morgan fingerprint density at radius 2 is 2.33 bits per heavy atom. The van der Waals surface area contributed by atoms with Gasteiger partial charge in [-0.3, -0.25) is 4.79 Å². The fourth-order valence-electron chi connectivity index (χ4n) is 2.41. The van der Waals surface area contributed by atoms with Crippen LogP contribution in [-0.4, -0.2) is 40.9 Å². The third kappa shape index (κ3) is 2.53. The molecule has 1 unspecified atom stereocenters. The second-order valence-corrected chi connectivity index (χ2v) is 4.47. The summed E-state index contributed by atoms with van der Waals surface area (Å²) in [5.41, 5.74) is 5.93. The van der Waals surface area contributed by atoms with Gasteiger partial charge < -0.3 is 15.2 Å². The molecular weight excluding hydrogens is 240 g/mol. The SMILES string of the molecule is NCC1CCCN1C(=O)c1cccn1CC(F)F. The van der Waals surface area contributed by atoms with Gasteiger partial charge in [-0.15, -0.1) is 0 Å². The monoisotopic (exact) mass is 257 g/mol. The maximum absolute atomic E-state index is 12.4. The molecule has 6 heteroatoms. The zero-order valence-corrected chi connectivity index (χ0v) is 10.1. The fraction of sp³-hybridized carbons (Fsp3) is 0.583. The second-order valence-electron chi connectivity index (χ2n) is 4.47. The first-order chi connectivity index (χ1) is 8.63. The van der Waals surface area contributed by atoms with Crippen LogP contribution >= 0.6 is 0 Å². The molecule has 1 saturated heterocycles. The molecule has 0 spiro atoms. The van der Waals surface area contributed by atoms with E-state index in [1.165, 1.54) is 10.8 Å². The van der Waals surface area contributed by atoms with Crippen molar-refractivity contribution in [1.29, 1.82) is 0 Å². The highest BCUT2D eigenvalue weighted by Crippen LogP contribution is 2.20. The van der Waals surface area contributed by atoms with Crippen LogP contribution in [0, 0.1) is 0 Å². The molecule has 4 nitrogen and oxygen atoms in total. The van der Waals surface area contributed by atoms with Gasteiger partial charge in [0.05, 0.1) is 6.54 Å². The van der Waals surface area contributed by atoms with Gasteiger partial charge in [-0.25, -0.2) is 8.78 Å². The summed E-state index contributed by atoms with van der Waals surface area (Å²) in [7, 11) is 0. The van der Waals surface area contributed by atoms with Crippen molar-refractivity contribution < 1.29 is 13.6 Å². The van der Waals surface area contributed by atoms with Crippen LogP contribution in [0.2, 0.25) is 0 Å². The van der Waals surface area contributed by atoms with E-state index >= 15 is 0 Å². The number of amides is 1. The topological polar surface area (TPSA) is 51.3 Å². The van der Waals surface area contributed by atoms with Crippen molar-refractivity contribution >= 4 is 5.91 Å². The first kappa shape index (κ1) is 13.0. The van der Waals surface area contributed by atoms with Crippen molar-refractivity contribution in [1.82, 2.24) is 9.47 Å². The molecule has 0 aliphatic carbocycles. The minimum Gasteiger partial charge on any atom is -0.338 e. The van der Waals surface area contributed by atoms with Crippen molar-refractivity contribution in [2.75, 3.05) is 13.1 Å². The molecule has 1 amide bonds. The Hall–Kier alpha value is -1.43. The number of rotatable bonds is 4. The maximum atomic E-state index is 12.4. The Labute approximate surface area is 104 Å². The molecule has 18 heavy (non-hydrogen) atoms. The summed E-state index contributed by atoms with van der Waals surface area (Å²) < 4.78 is 26.1. The minimum absolute atomic E-state index is 0.0346. The quantitative estimate of drug-likeness (QED) is 0.884. The van der Waals surface area contributed by atoms with Crippen molar-refractivity contribution in [3.8, 4) is 0 Å². The summed E-state index contributed by atoms with van der Waals surface area (Å²) in [6.45, 7) is 0.622. The van der Waals surface area contributed by atoms with Gasteiger partial charge in [-0.2, -0.15) is 0 Å². The van der Waals surface area contributed by atoms with E-state index in [0.29, 0.717) is 18.8 Å². The lowest BCUT2D eigenvalue weighted by molar-refractivity contribution is 0.0720. The Kier molecular flexibility index (Phi) is 3.96. The highest BCUT2D eigenvalue weighted by Gasteiger charge is 2.29. The number of carbonyl (C=O) groups excluding carboxylic acids is 1. The lowest BCUT2D eigenvalue weighted by atomic mass is 10.2. The standard InChI is InChI=1S/C12H17F2N3O/c13-11(14)8-16-5-2-4-10(16)12(18)17-6-1-3-9(17)7-15/h2,4-5,9,11H,1,3,6-8,15H2. The van der Waals surface area contributed by atoms with E-state index < -0.39 is 13.0 Å². The first-order valence-corrected chi connectivity index (χ1v) is 6.07. The van der Waals surface area contributed by atoms with Gasteiger partial charge in [0.25, 0.3) is 12.3 Å². The van der Waals surface area contributed by atoms with Crippen LogP contribution in [0.4, 0.5) is 8.78 Å². The van der Waals surface area contributed by atoms with Gasteiger partial charge in [-0.05, 0) is 25.0 Å². The molecule has 2 rings (SSSR count). The molecule has 0 radical (unpaired) electrons. The number of aromatic nitrogens is 1. The molecule has 1 aromatic heterocycles. The second kappa shape index (κ2) is 5.48. The predicted molar refractivity (Wildman–Crippen MR) is 63.5 cm³/mol. The zero-order valence-electron chi connectivity index (χ0n) is 10.1. The van der Waals surface area contributed by atoms with Crippen molar-refractivity contribution in [3.05, 3.63) is 24.0 Å². The van der Waals surface area contributed by atoms with E-state index in [-0.39, 0.29) is 11.9 Å². The molecule has 2 heterocycles. The Morgan fingerprint density at radius 1 is 1.56 bits per heavy atom. The fourth-order valence-corrected chi connectivity index (χ4v) is 2.41. The molecule has 0 saturated carbocycles. The van der Waals surface area contributed by atoms with Gasteiger partial charge in [0.15, 0.2) is 0 Å². The lowest BCUT2D eigenvalue weighted by Gasteiger charge is -2.24. The number of nitrogens with zero attached hydrogens (tertiary/aromatic N) is 2. The van der Waals surface area contributed by atoms with E-state index in [1.807, 2.05) is 0 Å². The van der Waals surface area contributed by atoms with E-state index in [4.69, 9.17) is 5.73 Å². The maximum Gasteiger partial charge on any atom is 0.270 e. The van der Waals surface area contributed by atoms with Crippen LogP contribution in [0.3, 0.4) is 0 Å². The summed E-state index contributed by atoms with van der Waals surface area (Å²) in [5, 5.41) is 0. The van der Waals surface area contributed by atoms with Crippen LogP contribution in [0.5, 0.6) is 0 Å². The summed E-state index contributed by atoms with van der Waals surface area (Å²) in [6.07, 6.45) is 0.848. The third-order valence-electron chi connectivity index (χ3n) is 3.29.